The topological polar surface area (TPSA) is 50.4 Å². The highest BCUT2D eigenvalue weighted by molar-refractivity contribution is 5.77. The fourth-order valence-electron chi connectivity index (χ4n) is 1.34. The second kappa shape index (κ2) is 9.42. The molecule has 0 rings (SSSR count). The van der Waals surface area contributed by atoms with E-state index in [1.807, 2.05) is 6.92 Å². The quantitative estimate of drug-likeness (QED) is 0.645. The summed E-state index contributed by atoms with van der Waals surface area (Å²) in [5.74, 6) is 1.00. The van der Waals surface area contributed by atoms with Crippen molar-refractivity contribution in [1.82, 2.24) is 10.6 Å². The van der Waals surface area contributed by atoms with Gasteiger partial charge >= 0.3 is 0 Å². The van der Waals surface area contributed by atoms with E-state index in [0.717, 1.165) is 6.54 Å². The van der Waals surface area contributed by atoms with Crippen molar-refractivity contribution in [2.24, 2.45) is 11.8 Å². The lowest BCUT2D eigenvalue weighted by Gasteiger charge is -2.22. The van der Waals surface area contributed by atoms with Crippen LogP contribution in [0.2, 0.25) is 0 Å². The number of rotatable bonds is 9. The Kier molecular flexibility index (Phi) is 9.09. The number of carbonyl (C=O) groups is 1. The van der Waals surface area contributed by atoms with Crippen molar-refractivity contribution in [3.63, 3.8) is 0 Å². The Balaban J connectivity index is 3.83. The molecule has 0 aliphatic rings. The minimum atomic E-state index is 0.0563. The molecule has 0 aromatic heterocycles. The Labute approximate surface area is 105 Å². The molecule has 102 valence electrons. The van der Waals surface area contributed by atoms with Crippen LogP contribution in [0.25, 0.3) is 0 Å². The van der Waals surface area contributed by atoms with Gasteiger partial charge in [0.25, 0.3) is 0 Å². The highest BCUT2D eigenvalue weighted by Crippen LogP contribution is 2.01. The van der Waals surface area contributed by atoms with Crippen molar-refractivity contribution in [2.75, 3.05) is 26.3 Å². The van der Waals surface area contributed by atoms with Crippen LogP contribution in [0.5, 0.6) is 0 Å². The van der Waals surface area contributed by atoms with Crippen LogP contribution < -0.4 is 10.6 Å². The van der Waals surface area contributed by atoms with E-state index < -0.39 is 0 Å². The highest BCUT2D eigenvalue weighted by Gasteiger charge is 2.14. The molecule has 0 bridgehead atoms. The summed E-state index contributed by atoms with van der Waals surface area (Å²) in [4.78, 5) is 11.5. The molecule has 0 saturated carbocycles. The Morgan fingerprint density at radius 1 is 1.24 bits per heavy atom. The van der Waals surface area contributed by atoms with Crippen LogP contribution in [0, 0.1) is 11.8 Å². The second-order valence-electron chi connectivity index (χ2n) is 5.09. The largest absolute Gasteiger partial charge is 0.380 e. The number of hydrogen-bond acceptors (Lipinski definition) is 3. The molecule has 1 unspecified atom stereocenters. The molecule has 0 spiro atoms. The van der Waals surface area contributed by atoms with Gasteiger partial charge in [-0.15, -0.1) is 0 Å². The maximum Gasteiger partial charge on any atom is 0.233 e. The second-order valence-corrected chi connectivity index (χ2v) is 5.09. The zero-order valence-electron chi connectivity index (χ0n) is 11.9. The predicted molar refractivity (Wildman–Crippen MR) is 71.0 cm³/mol. The first kappa shape index (κ1) is 16.4. The highest BCUT2D eigenvalue weighted by atomic mass is 16.5. The van der Waals surface area contributed by atoms with Gasteiger partial charge in [0.15, 0.2) is 0 Å². The van der Waals surface area contributed by atoms with Gasteiger partial charge in [0.1, 0.15) is 0 Å². The van der Waals surface area contributed by atoms with E-state index in [1.165, 1.54) is 0 Å². The number of ether oxygens (including phenoxy) is 1. The summed E-state index contributed by atoms with van der Waals surface area (Å²) in [6.45, 7) is 12.9. The average molecular weight is 244 g/mol. The molecule has 0 aromatic rings. The lowest BCUT2D eigenvalue weighted by molar-refractivity contribution is -0.120. The summed E-state index contributed by atoms with van der Waals surface area (Å²) < 4.78 is 5.39. The molecule has 0 aliphatic carbocycles. The Hall–Kier alpha value is -0.610. The summed E-state index contributed by atoms with van der Waals surface area (Å²) in [6.07, 6.45) is 0. The van der Waals surface area contributed by atoms with Crippen LogP contribution in [-0.4, -0.2) is 38.3 Å². The fraction of sp³-hybridized carbons (Fsp3) is 0.923. The average Bonchev–Trinajstić information content (AvgIpc) is 2.25. The van der Waals surface area contributed by atoms with Crippen molar-refractivity contribution in [3.8, 4) is 0 Å². The van der Waals surface area contributed by atoms with Crippen molar-refractivity contribution >= 4 is 5.91 Å². The van der Waals surface area contributed by atoms with Crippen molar-refractivity contribution < 1.29 is 9.53 Å². The lowest BCUT2D eigenvalue weighted by Crippen LogP contribution is -2.44. The number of nitrogens with one attached hydrogen (secondary N) is 2. The lowest BCUT2D eigenvalue weighted by atomic mass is 10.1. The third-order valence-electron chi connectivity index (χ3n) is 2.54. The van der Waals surface area contributed by atoms with E-state index in [0.29, 0.717) is 31.6 Å². The van der Waals surface area contributed by atoms with Crippen LogP contribution in [0.3, 0.4) is 0 Å². The van der Waals surface area contributed by atoms with Crippen LogP contribution in [0.15, 0.2) is 0 Å². The zero-order valence-corrected chi connectivity index (χ0v) is 11.9. The van der Waals surface area contributed by atoms with Crippen LogP contribution in [0.1, 0.15) is 34.6 Å². The van der Waals surface area contributed by atoms with E-state index in [-0.39, 0.29) is 11.9 Å². The molecule has 4 heteroatoms. The summed E-state index contributed by atoms with van der Waals surface area (Å²) in [6, 6.07) is 0.236. The molecule has 17 heavy (non-hydrogen) atoms. The smallest absolute Gasteiger partial charge is 0.233 e. The normalized spacial score (nSPS) is 13.1. The summed E-state index contributed by atoms with van der Waals surface area (Å²) >= 11 is 0. The monoisotopic (exact) mass is 244 g/mol. The molecule has 2 N–H and O–H groups in total. The van der Waals surface area contributed by atoms with Gasteiger partial charge in [-0.1, -0.05) is 27.7 Å². The Bertz CT molecular complexity index is 206. The molecule has 0 aromatic carbocycles. The molecule has 0 saturated heterocycles. The standard InChI is InChI=1S/C13H28N2O2/c1-6-17-9-12(11(4)5)14-8-13(16)15-7-10(2)3/h10-12,14H,6-9H2,1-5H3,(H,15,16). The first-order valence-corrected chi connectivity index (χ1v) is 6.55. The molecule has 4 nitrogen and oxygen atoms in total. The number of carbonyl (C=O) groups excluding carboxylic acids is 1. The summed E-state index contributed by atoms with van der Waals surface area (Å²) in [7, 11) is 0. The molecule has 0 radical (unpaired) electrons. The minimum Gasteiger partial charge on any atom is -0.380 e. The van der Waals surface area contributed by atoms with Gasteiger partial charge in [-0.2, -0.15) is 0 Å². The summed E-state index contributed by atoms with van der Waals surface area (Å²) in [5, 5.41) is 6.13. The first-order valence-electron chi connectivity index (χ1n) is 6.55. The van der Waals surface area contributed by atoms with Gasteiger partial charge in [0.05, 0.1) is 13.2 Å². The van der Waals surface area contributed by atoms with Gasteiger partial charge in [-0.05, 0) is 18.8 Å². The van der Waals surface area contributed by atoms with Crippen LogP contribution in [0.4, 0.5) is 0 Å². The molecular weight excluding hydrogens is 216 g/mol. The molecule has 0 fully saturated rings. The molecule has 0 heterocycles. The molecular formula is C13H28N2O2. The maximum atomic E-state index is 11.5. The number of amides is 1. The Morgan fingerprint density at radius 3 is 2.35 bits per heavy atom. The SMILES string of the molecule is CCOCC(NCC(=O)NCC(C)C)C(C)C. The van der Waals surface area contributed by atoms with Gasteiger partial charge in [-0.3, -0.25) is 4.79 Å². The molecule has 1 atom stereocenters. The van der Waals surface area contributed by atoms with Crippen molar-refractivity contribution in [1.29, 1.82) is 0 Å². The predicted octanol–water partition coefficient (Wildman–Crippen LogP) is 1.41. The van der Waals surface area contributed by atoms with Gasteiger partial charge < -0.3 is 15.4 Å². The molecule has 1 amide bonds. The van der Waals surface area contributed by atoms with Gasteiger partial charge in [0, 0.05) is 19.2 Å². The van der Waals surface area contributed by atoms with Crippen molar-refractivity contribution in [3.05, 3.63) is 0 Å². The fourth-order valence-corrected chi connectivity index (χ4v) is 1.34. The van der Waals surface area contributed by atoms with Gasteiger partial charge in [-0.25, -0.2) is 0 Å². The van der Waals surface area contributed by atoms with Crippen molar-refractivity contribution in [2.45, 2.75) is 40.7 Å². The van der Waals surface area contributed by atoms with E-state index in [1.54, 1.807) is 0 Å². The van der Waals surface area contributed by atoms with E-state index in [2.05, 4.69) is 38.3 Å². The van der Waals surface area contributed by atoms with Crippen LogP contribution in [-0.2, 0) is 9.53 Å². The van der Waals surface area contributed by atoms with E-state index >= 15 is 0 Å². The zero-order chi connectivity index (χ0) is 13.3. The number of hydrogen-bond donors (Lipinski definition) is 2. The Morgan fingerprint density at radius 2 is 1.88 bits per heavy atom. The van der Waals surface area contributed by atoms with E-state index in [4.69, 9.17) is 4.74 Å². The third kappa shape index (κ3) is 9.12. The van der Waals surface area contributed by atoms with E-state index in [9.17, 15) is 4.79 Å². The van der Waals surface area contributed by atoms with Crippen LogP contribution >= 0.6 is 0 Å². The van der Waals surface area contributed by atoms with Gasteiger partial charge in [0.2, 0.25) is 5.91 Å². The molecule has 0 aliphatic heterocycles. The third-order valence-corrected chi connectivity index (χ3v) is 2.54. The maximum absolute atomic E-state index is 11.5. The summed E-state index contributed by atoms with van der Waals surface area (Å²) in [5.41, 5.74) is 0. The first-order chi connectivity index (χ1) is 7.97. The minimum absolute atomic E-state index is 0.0563.